The van der Waals surface area contributed by atoms with Gasteiger partial charge in [-0.1, -0.05) is 65.0 Å². The second-order valence-corrected chi connectivity index (χ2v) is 6.50. The van der Waals surface area contributed by atoms with E-state index in [9.17, 15) is 0 Å². The minimum Gasteiger partial charge on any atom is -0.370 e. The van der Waals surface area contributed by atoms with Crippen molar-refractivity contribution >= 4 is 17.4 Å². The van der Waals surface area contributed by atoms with Crippen LogP contribution in [0.25, 0.3) is 0 Å². The molecule has 0 bridgehead atoms. The average Bonchev–Trinajstić information content (AvgIpc) is 2.36. The molecule has 0 saturated heterocycles. The minimum absolute atomic E-state index is 0.297. The van der Waals surface area contributed by atoms with E-state index in [1.165, 1.54) is 32.1 Å². The van der Waals surface area contributed by atoms with Crippen molar-refractivity contribution in [2.45, 2.75) is 65.7 Å². The molecule has 1 aromatic heterocycles. The molecule has 0 spiro atoms. The summed E-state index contributed by atoms with van der Waals surface area (Å²) in [5, 5.41) is 3.86. The van der Waals surface area contributed by atoms with Crippen LogP contribution in [0.5, 0.6) is 0 Å². The first-order chi connectivity index (χ1) is 9.49. The maximum absolute atomic E-state index is 6.01. The molecule has 1 aromatic rings. The summed E-state index contributed by atoms with van der Waals surface area (Å²) in [6.07, 6.45) is 6.45. The molecule has 0 aliphatic heterocycles. The molecule has 1 rings (SSSR count). The molecule has 3 nitrogen and oxygen atoms in total. The van der Waals surface area contributed by atoms with Crippen molar-refractivity contribution in [3.8, 4) is 0 Å². The number of hydrogen-bond acceptors (Lipinski definition) is 3. The monoisotopic (exact) mass is 297 g/mol. The summed E-state index contributed by atoms with van der Waals surface area (Å²) in [5.41, 5.74) is 0. The van der Waals surface area contributed by atoms with Gasteiger partial charge in [-0.2, -0.15) is 0 Å². The van der Waals surface area contributed by atoms with Gasteiger partial charge in [-0.15, -0.1) is 0 Å². The highest BCUT2D eigenvalue weighted by Gasteiger charge is 2.06. The van der Waals surface area contributed by atoms with E-state index in [1.807, 2.05) is 0 Å². The second-order valence-electron chi connectivity index (χ2n) is 6.11. The molecule has 1 heterocycles. The maximum Gasteiger partial charge on any atom is 0.135 e. The Morgan fingerprint density at radius 1 is 1.05 bits per heavy atom. The number of halogens is 1. The van der Waals surface area contributed by atoms with Crippen LogP contribution in [-0.4, -0.2) is 16.5 Å². The molecule has 0 amide bonds. The Kier molecular flexibility index (Phi) is 7.90. The molecular formula is C16H28ClN3. The number of nitrogens with one attached hydrogen (secondary N) is 1. The largest absolute Gasteiger partial charge is 0.370 e. The number of unbranched alkanes of at least 4 members (excludes halogenated alkanes) is 3. The van der Waals surface area contributed by atoms with Gasteiger partial charge in [-0.25, -0.2) is 9.97 Å². The molecular weight excluding hydrogens is 270 g/mol. The molecule has 0 atom stereocenters. The van der Waals surface area contributed by atoms with E-state index in [2.05, 4.69) is 43.0 Å². The summed E-state index contributed by atoms with van der Waals surface area (Å²) in [6.45, 7) is 9.67. The zero-order valence-corrected chi connectivity index (χ0v) is 14.0. The molecule has 0 fully saturated rings. The lowest BCUT2D eigenvalue weighted by Crippen LogP contribution is -2.07. The summed E-state index contributed by atoms with van der Waals surface area (Å²) in [7, 11) is 0. The van der Waals surface area contributed by atoms with Crippen LogP contribution >= 0.6 is 11.6 Å². The Morgan fingerprint density at radius 3 is 2.40 bits per heavy atom. The van der Waals surface area contributed by atoms with Gasteiger partial charge in [0, 0.05) is 18.5 Å². The molecule has 114 valence electrons. The zero-order chi connectivity index (χ0) is 15.0. The fraction of sp³-hybridized carbons (Fsp3) is 0.750. The number of hydrogen-bond donors (Lipinski definition) is 1. The molecule has 4 heteroatoms. The summed E-state index contributed by atoms with van der Waals surface area (Å²) >= 11 is 6.01. The quantitative estimate of drug-likeness (QED) is 0.498. The predicted octanol–water partition coefficient (Wildman–Crippen LogP) is 5.27. The lowest BCUT2D eigenvalue weighted by Gasteiger charge is -2.09. The van der Waals surface area contributed by atoms with E-state index in [0.29, 0.717) is 11.1 Å². The van der Waals surface area contributed by atoms with E-state index < -0.39 is 0 Å². The Hall–Kier alpha value is -0.830. The molecule has 0 aliphatic carbocycles. The van der Waals surface area contributed by atoms with Crippen molar-refractivity contribution in [2.75, 3.05) is 11.9 Å². The van der Waals surface area contributed by atoms with Crippen molar-refractivity contribution in [3.05, 3.63) is 17.0 Å². The van der Waals surface area contributed by atoms with E-state index in [0.717, 1.165) is 24.1 Å². The first-order valence-electron chi connectivity index (χ1n) is 7.77. The summed E-state index contributed by atoms with van der Waals surface area (Å²) in [4.78, 5) is 8.72. The Bertz CT molecular complexity index is 391. The summed E-state index contributed by atoms with van der Waals surface area (Å²) in [6, 6.07) is 1.80. The zero-order valence-electron chi connectivity index (χ0n) is 13.2. The highest BCUT2D eigenvalue weighted by molar-refractivity contribution is 6.29. The van der Waals surface area contributed by atoms with Crippen LogP contribution in [0.2, 0.25) is 5.15 Å². The number of rotatable bonds is 9. The SMILES string of the molecule is CC(C)CCCCCCNc1cc(Cl)nc(C(C)C)n1. The average molecular weight is 298 g/mol. The third-order valence-electron chi connectivity index (χ3n) is 3.24. The number of nitrogens with zero attached hydrogens (tertiary/aromatic N) is 2. The van der Waals surface area contributed by atoms with Crippen molar-refractivity contribution in [1.29, 1.82) is 0 Å². The molecule has 0 aromatic carbocycles. The standard InChI is InChI=1S/C16H28ClN3/c1-12(2)9-7-5-6-8-10-18-15-11-14(17)19-16(20-15)13(3)4/h11-13H,5-10H2,1-4H3,(H,18,19,20). The fourth-order valence-electron chi connectivity index (χ4n) is 2.03. The topological polar surface area (TPSA) is 37.8 Å². The Balaban J connectivity index is 2.25. The van der Waals surface area contributed by atoms with Gasteiger partial charge in [-0.3, -0.25) is 0 Å². The van der Waals surface area contributed by atoms with Crippen molar-refractivity contribution in [2.24, 2.45) is 5.92 Å². The van der Waals surface area contributed by atoms with Gasteiger partial charge in [0.05, 0.1) is 0 Å². The van der Waals surface area contributed by atoms with Crippen LogP contribution in [0, 0.1) is 5.92 Å². The summed E-state index contributed by atoms with van der Waals surface area (Å²) in [5.74, 6) is 2.77. The van der Waals surface area contributed by atoms with Crippen LogP contribution in [-0.2, 0) is 0 Å². The smallest absolute Gasteiger partial charge is 0.135 e. The minimum atomic E-state index is 0.297. The van der Waals surface area contributed by atoms with E-state index in [1.54, 1.807) is 6.07 Å². The molecule has 0 saturated carbocycles. The van der Waals surface area contributed by atoms with Crippen LogP contribution in [0.4, 0.5) is 5.82 Å². The number of aromatic nitrogens is 2. The van der Waals surface area contributed by atoms with Crippen molar-refractivity contribution in [1.82, 2.24) is 9.97 Å². The van der Waals surface area contributed by atoms with Gasteiger partial charge < -0.3 is 5.32 Å². The first kappa shape index (κ1) is 17.2. The summed E-state index contributed by atoms with van der Waals surface area (Å²) < 4.78 is 0. The third-order valence-corrected chi connectivity index (χ3v) is 3.44. The molecule has 20 heavy (non-hydrogen) atoms. The Labute approximate surface area is 128 Å². The molecule has 0 aliphatic rings. The van der Waals surface area contributed by atoms with Crippen LogP contribution in [0.15, 0.2) is 6.07 Å². The molecule has 0 unspecified atom stereocenters. The van der Waals surface area contributed by atoms with Crippen LogP contribution in [0.3, 0.4) is 0 Å². The fourth-order valence-corrected chi connectivity index (χ4v) is 2.22. The maximum atomic E-state index is 6.01. The lowest BCUT2D eigenvalue weighted by molar-refractivity contribution is 0.523. The van der Waals surface area contributed by atoms with Gasteiger partial charge in [0.15, 0.2) is 0 Å². The molecule has 1 N–H and O–H groups in total. The van der Waals surface area contributed by atoms with Gasteiger partial charge >= 0.3 is 0 Å². The van der Waals surface area contributed by atoms with Gasteiger partial charge in [0.25, 0.3) is 0 Å². The predicted molar refractivity (Wildman–Crippen MR) is 87.5 cm³/mol. The lowest BCUT2D eigenvalue weighted by atomic mass is 10.0. The third kappa shape index (κ3) is 7.09. The second kappa shape index (κ2) is 9.17. The van der Waals surface area contributed by atoms with E-state index >= 15 is 0 Å². The van der Waals surface area contributed by atoms with Gasteiger partial charge in [0.2, 0.25) is 0 Å². The molecule has 0 radical (unpaired) electrons. The van der Waals surface area contributed by atoms with Crippen LogP contribution in [0.1, 0.15) is 71.5 Å². The van der Waals surface area contributed by atoms with Gasteiger partial charge in [0.1, 0.15) is 16.8 Å². The van der Waals surface area contributed by atoms with E-state index in [-0.39, 0.29) is 0 Å². The number of anilines is 1. The van der Waals surface area contributed by atoms with Gasteiger partial charge in [-0.05, 0) is 12.3 Å². The van der Waals surface area contributed by atoms with Crippen molar-refractivity contribution < 1.29 is 0 Å². The highest BCUT2D eigenvalue weighted by atomic mass is 35.5. The highest BCUT2D eigenvalue weighted by Crippen LogP contribution is 2.17. The van der Waals surface area contributed by atoms with E-state index in [4.69, 9.17) is 11.6 Å². The Morgan fingerprint density at radius 2 is 1.75 bits per heavy atom. The van der Waals surface area contributed by atoms with Crippen LogP contribution < -0.4 is 5.32 Å². The first-order valence-corrected chi connectivity index (χ1v) is 8.15. The van der Waals surface area contributed by atoms with Crippen molar-refractivity contribution in [3.63, 3.8) is 0 Å². The normalized spacial score (nSPS) is 11.3.